The summed E-state index contributed by atoms with van der Waals surface area (Å²) in [7, 11) is -2.23. The maximum absolute atomic E-state index is 13.5. The van der Waals surface area contributed by atoms with Gasteiger partial charge >= 0.3 is 6.09 Å². The summed E-state index contributed by atoms with van der Waals surface area (Å²) in [4.78, 5) is 25.9. The maximum Gasteiger partial charge on any atom is 0.414 e. The molecule has 3 N–H and O–H groups in total. The van der Waals surface area contributed by atoms with Crippen LogP contribution < -0.4 is 24.8 Å². The number of carbonyl (C=O) groups is 2. The third-order valence-corrected chi connectivity index (χ3v) is 7.32. The number of hydrogen-bond acceptors (Lipinski definition) is 8. The van der Waals surface area contributed by atoms with Gasteiger partial charge in [0, 0.05) is 5.56 Å². The highest BCUT2D eigenvalue weighted by Crippen LogP contribution is 2.39. The van der Waals surface area contributed by atoms with E-state index in [1.165, 1.54) is 18.0 Å². The van der Waals surface area contributed by atoms with Crippen LogP contribution in [-0.2, 0) is 15.4 Å². The van der Waals surface area contributed by atoms with Gasteiger partial charge in [0.25, 0.3) is 11.8 Å². The summed E-state index contributed by atoms with van der Waals surface area (Å²) in [6.45, 7) is 9.60. The molecule has 1 atom stereocenters. The van der Waals surface area contributed by atoms with Crippen molar-refractivity contribution in [2.45, 2.75) is 46.1 Å². The molecular weight excluding hydrogens is 584 g/mol. The fraction of sp³-hybridized carbons (Fsp3) is 0.290. The fourth-order valence-corrected chi connectivity index (χ4v) is 4.93. The lowest BCUT2D eigenvalue weighted by atomic mass is 9.86. The Hall–Kier alpha value is -4.91. The van der Waals surface area contributed by atoms with Gasteiger partial charge in [-0.25, -0.2) is 17.9 Å². The highest BCUT2D eigenvalue weighted by atomic mass is 32.2. The largest absolute Gasteiger partial charge is 0.492 e. The highest BCUT2D eigenvalue weighted by Gasteiger charge is 2.23. The number of methoxy groups -OCH3 is 1. The Bertz CT molecular complexity index is 1780. The maximum atomic E-state index is 13.5. The molecule has 0 saturated heterocycles. The molecule has 12 nitrogen and oxygen atoms in total. The van der Waals surface area contributed by atoms with E-state index in [4.69, 9.17) is 9.47 Å². The minimum absolute atomic E-state index is 0.0216. The predicted octanol–water partition coefficient (Wildman–Crippen LogP) is 5.36. The number of anilines is 2. The molecule has 0 bridgehead atoms. The first-order valence-corrected chi connectivity index (χ1v) is 15.6. The average molecular weight is 621 g/mol. The first-order valence-electron chi connectivity index (χ1n) is 13.7. The Morgan fingerprint density at radius 1 is 1.00 bits per heavy atom. The van der Waals surface area contributed by atoms with E-state index in [-0.39, 0.29) is 28.8 Å². The zero-order valence-electron chi connectivity index (χ0n) is 25.6. The summed E-state index contributed by atoms with van der Waals surface area (Å²) in [5, 5.41) is 13.6. The van der Waals surface area contributed by atoms with Gasteiger partial charge in [0.1, 0.15) is 0 Å². The molecule has 2 amide bonds. The molecule has 1 heterocycles. The second-order valence-electron chi connectivity index (χ2n) is 11.4. The van der Waals surface area contributed by atoms with Crippen LogP contribution in [-0.4, -0.2) is 48.8 Å². The smallest absolute Gasteiger partial charge is 0.414 e. The molecule has 4 aromatic rings. The molecule has 0 saturated carbocycles. The van der Waals surface area contributed by atoms with Crippen LogP contribution >= 0.6 is 0 Å². The second-order valence-corrected chi connectivity index (χ2v) is 13.1. The SMILES string of the molecule is COc1c(NC(=O)c2ccc(C)c(-n3cc(OC(=O)N[C@@H](C)c4ccccc4)nn3)c2)cc(C(C)(C)C)cc1NS(C)(=O)=O. The van der Waals surface area contributed by atoms with Crippen molar-refractivity contribution >= 4 is 33.4 Å². The van der Waals surface area contributed by atoms with E-state index in [0.29, 0.717) is 16.9 Å². The molecule has 0 unspecified atom stereocenters. The monoisotopic (exact) mass is 620 g/mol. The Balaban J connectivity index is 1.56. The average Bonchev–Trinajstić information content (AvgIpc) is 3.40. The van der Waals surface area contributed by atoms with Gasteiger partial charge in [0.2, 0.25) is 10.0 Å². The number of nitrogens with one attached hydrogen (secondary N) is 3. The van der Waals surface area contributed by atoms with Crippen LogP contribution in [0.3, 0.4) is 0 Å². The van der Waals surface area contributed by atoms with Crippen molar-refractivity contribution in [2.24, 2.45) is 0 Å². The quantitative estimate of drug-likeness (QED) is 0.226. The minimum atomic E-state index is -3.63. The second kappa shape index (κ2) is 12.8. The van der Waals surface area contributed by atoms with Crippen LogP contribution in [0, 0.1) is 6.92 Å². The van der Waals surface area contributed by atoms with Gasteiger partial charge < -0.3 is 20.1 Å². The van der Waals surface area contributed by atoms with Crippen LogP contribution in [0.25, 0.3) is 5.69 Å². The standard InChI is InChI=1S/C31H36N6O6S/c1-19-13-14-22(29(38)33-24-16-23(31(3,4)5)17-25(28(24)42-6)35-44(7,40)41)15-26(19)37-18-27(34-36-37)43-30(39)32-20(2)21-11-9-8-10-12-21/h8-18,20,35H,1-7H3,(H,32,39)(H,33,38)/t20-/m0/s1. The van der Waals surface area contributed by atoms with Gasteiger partial charge in [0.15, 0.2) is 5.75 Å². The van der Waals surface area contributed by atoms with E-state index in [1.807, 2.05) is 65.0 Å². The molecule has 44 heavy (non-hydrogen) atoms. The Morgan fingerprint density at radius 2 is 1.68 bits per heavy atom. The molecule has 0 spiro atoms. The van der Waals surface area contributed by atoms with Gasteiger partial charge in [-0.05, 0) is 60.2 Å². The fourth-order valence-electron chi connectivity index (χ4n) is 4.38. The summed E-state index contributed by atoms with van der Waals surface area (Å²) < 4.78 is 38.8. The first-order chi connectivity index (χ1) is 20.6. The number of amides is 2. The third kappa shape index (κ3) is 7.92. The number of nitrogens with zero attached hydrogens (tertiary/aromatic N) is 3. The summed E-state index contributed by atoms with van der Waals surface area (Å²) in [5.74, 6) is -0.319. The number of aryl methyl sites for hydroxylation is 1. The highest BCUT2D eigenvalue weighted by molar-refractivity contribution is 7.92. The van der Waals surface area contributed by atoms with E-state index in [0.717, 1.165) is 22.9 Å². The summed E-state index contributed by atoms with van der Waals surface area (Å²) >= 11 is 0. The summed E-state index contributed by atoms with van der Waals surface area (Å²) in [5.41, 5.74) is 3.45. The molecular formula is C31H36N6O6S. The lowest BCUT2D eigenvalue weighted by Gasteiger charge is -2.24. The lowest BCUT2D eigenvalue weighted by molar-refractivity contribution is 0.102. The van der Waals surface area contributed by atoms with Crippen LogP contribution in [0.4, 0.5) is 16.2 Å². The number of rotatable bonds is 9. The van der Waals surface area contributed by atoms with Crippen molar-refractivity contribution in [1.29, 1.82) is 0 Å². The predicted molar refractivity (Wildman–Crippen MR) is 168 cm³/mol. The van der Waals surface area contributed by atoms with Crippen molar-refractivity contribution in [3.8, 4) is 17.3 Å². The number of sulfonamides is 1. The number of aromatic nitrogens is 3. The number of hydrogen-bond donors (Lipinski definition) is 3. The Labute approximate surface area is 256 Å². The van der Waals surface area contributed by atoms with Gasteiger partial charge in [-0.15, -0.1) is 0 Å². The molecule has 1 aromatic heterocycles. The lowest BCUT2D eigenvalue weighted by Crippen LogP contribution is -2.29. The normalized spacial score (nSPS) is 12.2. The number of ether oxygens (including phenoxy) is 2. The third-order valence-electron chi connectivity index (χ3n) is 6.72. The van der Waals surface area contributed by atoms with E-state index in [1.54, 1.807) is 30.3 Å². The molecule has 0 fully saturated rings. The minimum Gasteiger partial charge on any atom is -0.492 e. The van der Waals surface area contributed by atoms with Crippen LogP contribution in [0.5, 0.6) is 11.6 Å². The Morgan fingerprint density at radius 3 is 2.32 bits per heavy atom. The van der Waals surface area contributed by atoms with Gasteiger partial charge in [-0.3, -0.25) is 9.52 Å². The molecule has 0 aliphatic heterocycles. The molecule has 0 radical (unpaired) electrons. The van der Waals surface area contributed by atoms with Gasteiger partial charge in [-0.1, -0.05) is 67.5 Å². The molecule has 0 aliphatic rings. The van der Waals surface area contributed by atoms with Crippen molar-refractivity contribution < 1.29 is 27.5 Å². The van der Waals surface area contributed by atoms with Crippen LogP contribution in [0.2, 0.25) is 0 Å². The van der Waals surface area contributed by atoms with Crippen molar-refractivity contribution in [3.05, 3.63) is 89.1 Å². The van der Waals surface area contributed by atoms with E-state index < -0.39 is 22.0 Å². The zero-order chi connectivity index (χ0) is 32.2. The number of benzene rings is 3. The van der Waals surface area contributed by atoms with Gasteiger partial charge in [-0.2, -0.15) is 0 Å². The Kier molecular flexibility index (Phi) is 9.28. The topological polar surface area (TPSA) is 154 Å². The van der Waals surface area contributed by atoms with Gasteiger partial charge in [0.05, 0.1) is 42.7 Å². The molecule has 232 valence electrons. The van der Waals surface area contributed by atoms with Crippen LogP contribution in [0.1, 0.15) is 60.8 Å². The van der Waals surface area contributed by atoms with Crippen molar-refractivity contribution in [3.63, 3.8) is 0 Å². The summed E-state index contributed by atoms with van der Waals surface area (Å²) in [6, 6.07) is 17.6. The van der Waals surface area contributed by atoms with Crippen molar-refractivity contribution in [2.75, 3.05) is 23.4 Å². The van der Waals surface area contributed by atoms with E-state index in [2.05, 4.69) is 25.7 Å². The molecule has 13 heteroatoms. The molecule has 3 aromatic carbocycles. The number of carbonyl (C=O) groups excluding carboxylic acids is 2. The van der Waals surface area contributed by atoms with Crippen LogP contribution in [0.15, 0.2) is 66.9 Å². The van der Waals surface area contributed by atoms with Crippen molar-refractivity contribution in [1.82, 2.24) is 20.3 Å². The first kappa shape index (κ1) is 32.0. The van der Waals surface area contributed by atoms with E-state index >= 15 is 0 Å². The molecule has 4 rings (SSSR count). The summed E-state index contributed by atoms with van der Waals surface area (Å²) in [6.07, 6.45) is 1.80. The van der Waals surface area contributed by atoms with E-state index in [9.17, 15) is 18.0 Å². The zero-order valence-corrected chi connectivity index (χ0v) is 26.4. The molecule has 0 aliphatic carbocycles.